The van der Waals surface area contributed by atoms with Crippen LogP contribution in [0, 0.1) is 0 Å². The van der Waals surface area contributed by atoms with Gasteiger partial charge in [0.05, 0.1) is 0 Å². The number of rotatable bonds is 5. The lowest BCUT2D eigenvalue weighted by molar-refractivity contribution is 0.157. The van der Waals surface area contributed by atoms with Gasteiger partial charge in [-0.3, -0.25) is 0 Å². The number of nitrogens with one attached hydrogen (secondary N) is 1. The Morgan fingerprint density at radius 1 is 1.73 bits per heavy atom. The van der Waals surface area contributed by atoms with Crippen LogP contribution in [0.2, 0.25) is 0 Å². The van der Waals surface area contributed by atoms with E-state index in [4.69, 9.17) is 5.73 Å². The first-order chi connectivity index (χ1) is 5.13. The smallest absolute Gasteiger partial charge is 0.404 e. The van der Waals surface area contributed by atoms with Crippen molar-refractivity contribution < 1.29 is 9.53 Å². The van der Waals surface area contributed by atoms with Crippen molar-refractivity contribution in [2.45, 2.75) is 6.92 Å². The van der Waals surface area contributed by atoms with Crippen molar-refractivity contribution in [1.82, 2.24) is 5.32 Å². The summed E-state index contributed by atoms with van der Waals surface area (Å²) in [6.07, 6.45) is -0.734. The van der Waals surface area contributed by atoms with Crippen LogP contribution in [-0.2, 0) is 4.74 Å². The van der Waals surface area contributed by atoms with Crippen molar-refractivity contribution in [3.05, 3.63) is 12.2 Å². The fraction of sp³-hybridized carbons (Fsp3) is 0.571. The van der Waals surface area contributed by atoms with E-state index in [9.17, 15) is 4.79 Å². The van der Waals surface area contributed by atoms with Crippen molar-refractivity contribution in [3.8, 4) is 0 Å². The third-order valence-corrected chi connectivity index (χ3v) is 0.950. The van der Waals surface area contributed by atoms with E-state index in [-0.39, 0.29) is 0 Å². The van der Waals surface area contributed by atoms with Gasteiger partial charge in [0.15, 0.2) is 0 Å². The molecule has 0 heterocycles. The predicted molar refractivity (Wildman–Crippen MR) is 43.2 cm³/mol. The Bertz CT molecular complexity index is 129. The van der Waals surface area contributed by atoms with Crippen LogP contribution < -0.4 is 11.1 Å². The third kappa shape index (κ3) is 8.97. The van der Waals surface area contributed by atoms with Crippen molar-refractivity contribution in [1.29, 1.82) is 0 Å². The molecule has 4 heteroatoms. The number of carbonyl (C=O) groups excluding carboxylic acids is 1. The van der Waals surface area contributed by atoms with Gasteiger partial charge in [-0.2, -0.15) is 0 Å². The van der Waals surface area contributed by atoms with E-state index >= 15 is 0 Å². The normalized spacial score (nSPS) is 9.18. The molecule has 11 heavy (non-hydrogen) atoms. The minimum absolute atomic E-state index is 0.308. The first kappa shape index (κ1) is 9.97. The van der Waals surface area contributed by atoms with Crippen LogP contribution in [0.25, 0.3) is 0 Å². The van der Waals surface area contributed by atoms with E-state index in [1.165, 1.54) is 0 Å². The Labute approximate surface area is 66.4 Å². The second kappa shape index (κ2) is 5.73. The highest BCUT2D eigenvalue weighted by atomic mass is 16.5. The summed E-state index contributed by atoms with van der Waals surface area (Å²) in [5, 5.41) is 3.01. The highest BCUT2D eigenvalue weighted by Gasteiger charge is 1.91. The number of amides is 1. The molecule has 0 aliphatic rings. The van der Waals surface area contributed by atoms with Crippen molar-refractivity contribution in [2.75, 3.05) is 19.7 Å². The Morgan fingerprint density at radius 3 is 2.82 bits per heavy atom. The van der Waals surface area contributed by atoms with Crippen LogP contribution >= 0.6 is 0 Å². The van der Waals surface area contributed by atoms with Gasteiger partial charge < -0.3 is 15.8 Å². The molecule has 3 N–H and O–H groups in total. The van der Waals surface area contributed by atoms with E-state index in [2.05, 4.69) is 16.6 Å². The van der Waals surface area contributed by atoms with Gasteiger partial charge in [-0.05, 0) is 6.92 Å². The molecule has 0 aromatic heterocycles. The summed E-state index contributed by atoms with van der Waals surface area (Å²) in [6.45, 7) is 7.26. The van der Waals surface area contributed by atoms with E-state index in [1.807, 2.05) is 6.92 Å². The molecular weight excluding hydrogens is 144 g/mol. The summed E-state index contributed by atoms with van der Waals surface area (Å²) < 4.78 is 4.47. The Kier molecular flexibility index (Phi) is 5.20. The van der Waals surface area contributed by atoms with Crippen molar-refractivity contribution in [2.24, 2.45) is 5.73 Å². The quantitative estimate of drug-likeness (QED) is 0.445. The van der Waals surface area contributed by atoms with E-state index < -0.39 is 6.09 Å². The molecule has 0 saturated carbocycles. The lowest BCUT2D eigenvalue weighted by Gasteiger charge is -2.03. The second-order valence-electron chi connectivity index (χ2n) is 2.30. The van der Waals surface area contributed by atoms with Crippen molar-refractivity contribution >= 4 is 6.09 Å². The van der Waals surface area contributed by atoms with Gasteiger partial charge in [-0.1, -0.05) is 12.2 Å². The molecule has 0 unspecified atom stereocenters. The summed E-state index contributed by atoms with van der Waals surface area (Å²) in [5.74, 6) is 0. The van der Waals surface area contributed by atoms with Gasteiger partial charge in [-0.25, -0.2) is 4.79 Å². The molecule has 0 atom stereocenters. The molecule has 0 saturated heterocycles. The van der Waals surface area contributed by atoms with Gasteiger partial charge in [0.1, 0.15) is 6.61 Å². The third-order valence-electron chi connectivity index (χ3n) is 0.950. The van der Waals surface area contributed by atoms with Crippen molar-refractivity contribution in [3.63, 3.8) is 0 Å². The zero-order valence-electron chi connectivity index (χ0n) is 6.72. The van der Waals surface area contributed by atoms with Crippen LogP contribution in [-0.4, -0.2) is 25.8 Å². The summed E-state index contributed by atoms with van der Waals surface area (Å²) in [5.41, 5.74) is 5.77. The standard InChI is InChI=1S/C7H14N2O2/c1-6(2)5-9-3-4-11-7(8)10/h9H,1,3-5H2,2H3,(H2,8,10). The fourth-order valence-corrected chi connectivity index (χ4v) is 0.526. The van der Waals surface area contributed by atoms with Crippen LogP contribution in [0.3, 0.4) is 0 Å². The van der Waals surface area contributed by atoms with Crippen LogP contribution in [0.4, 0.5) is 4.79 Å². The lowest BCUT2D eigenvalue weighted by Crippen LogP contribution is -2.24. The largest absolute Gasteiger partial charge is 0.448 e. The summed E-state index contributed by atoms with van der Waals surface area (Å²) >= 11 is 0. The Hall–Kier alpha value is -1.03. The molecule has 0 aromatic rings. The maximum atomic E-state index is 10.1. The number of ether oxygens (including phenoxy) is 1. The van der Waals surface area contributed by atoms with Gasteiger partial charge in [-0.15, -0.1) is 0 Å². The molecule has 0 aliphatic heterocycles. The van der Waals surface area contributed by atoms with E-state index in [0.29, 0.717) is 13.2 Å². The van der Waals surface area contributed by atoms with Crippen LogP contribution in [0.5, 0.6) is 0 Å². The van der Waals surface area contributed by atoms with Crippen LogP contribution in [0.15, 0.2) is 12.2 Å². The number of nitrogens with two attached hydrogens (primary N) is 1. The Balaban J connectivity index is 3.03. The lowest BCUT2D eigenvalue weighted by atomic mass is 10.3. The predicted octanol–water partition coefficient (Wildman–Crippen LogP) is 0.247. The molecule has 0 bridgehead atoms. The molecule has 0 rings (SSSR count). The first-order valence-electron chi connectivity index (χ1n) is 3.40. The molecular formula is C7H14N2O2. The van der Waals surface area contributed by atoms with E-state index in [1.54, 1.807) is 0 Å². The number of hydrogen-bond acceptors (Lipinski definition) is 3. The molecule has 0 aromatic carbocycles. The average Bonchev–Trinajstić information content (AvgIpc) is 1.85. The average molecular weight is 158 g/mol. The van der Waals surface area contributed by atoms with Crippen LogP contribution in [0.1, 0.15) is 6.92 Å². The Morgan fingerprint density at radius 2 is 2.36 bits per heavy atom. The monoisotopic (exact) mass is 158 g/mol. The molecule has 64 valence electrons. The highest BCUT2D eigenvalue weighted by molar-refractivity contribution is 5.64. The topological polar surface area (TPSA) is 64.3 Å². The number of carbonyl (C=O) groups is 1. The number of hydrogen-bond donors (Lipinski definition) is 2. The minimum atomic E-state index is -0.734. The summed E-state index contributed by atoms with van der Waals surface area (Å²) in [7, 11) is 0. The molecule has 0 radical (unpaired) electrons. The van der Waals surface area contributed by atoms with E-state index in [0.717, 1.165) is 12.1 Å². The van der Waals surface area contributed by atoms with Gasteiger partial charge in [0.2, 0.25) is 0 Å². The summed E-state index contributed by atoms with van der Waals surface area (Å²) in [6, 6.07) is 0. The highest BCUT2D eigenvalue weighted by Crippen LogP contribution is 1.80. The fourth-order valence-electron chi connectivity index (χ4n) is 0.526. The molecule has 1 amide bonds. The maximum absolute atomic E-state index is 10.1. The van der Waals surface area contributed by atoms with Gasteiger partial charge in [0.25, 0.3) is 0 Å². The molecule has 0 spiro atoms. The zero-order valence-corrected chi connectivity index (χ0v) is 6.72. The maximum Gasteiger partial charge on any atom is 0.404 e. The molecule has 4 nitrogen and oxygen atoms in total. The van der Waals surface area contributed by atoms with Gasteiger partial charge in [0, 0.05) is 13.1 Å². The first-order valence-corrected chi connectivity index (χ1v) is 3.40. The minimum Gasteiger partial charge on any atom is -0.448 e. The SMILES string of the molecule is C=C(C)CNCCOC(N)=O. The summed E-state index contributed by atoms with van der Waals surface area (Å²) in [4.78, 5) is 10.1. The van der Waals surface area contributed by atoms with Gasteiger partial charge >= 0.3 is 6.09 Å². The molecule has 0 aliphatic carbocycles. The second-order valence-corrected chi connectivity index (χ2v) is 2.30. The zero-order chi connectivity index (χ0) is 8.69. The molecule has 0 fully saturated rings. The number of primary amides is 1.